The minimum absolute atomic E-state index is 0.742. The van der Waals surface area contributed by atoms with E-state index in [1.54, 1.807) is 11.3 Å². The van der Waals surface area contributed by atoms with Gasteiger partial charge in [0.1, 0.15) is 5.82 Å². The molecule has 25 heavy (non-hydrogen) atoms. The van der Waals surface area contributed by atoms with Gasteiger partial charge in [0.2, 0.25) is 0 Å². The van der Waals surface area contributed by atoms with Crippen molar-refractivity contribution in [1.29, 1.82) is 0 Å². The standard InChI is InChI=1S/C17H19ClN6S/c1-12-19-16(22-21-12)10-23-6-8-24(9-7-23)17-20-15(11-25-17)13-4-2-3-5-14(13)18/h2-5,11H,6-10H2,1H3,(H,19,21,22). The van der Waals surface area contributed by atoms with Gasteiger partial charge in [0, 0.05) is 42.1 Å². The second-order valence-corrected chi connectivity index (χ2v) is 7.34. The van der Waals surface area contributed by atoms with Crippen molar-refractivity contribution in [3.05, 3.63) is 46.3 Å². The normalized spacial score (nSPS) is 15.7. The Bertz CT molecular complexity index is 852. The molecule has 0 atom stereocenters. The molecule has 3 aromatic rings. The molecule has 130 valence electrons. The first-order valence-corrected chi connectivity index (χ1v) is 9.50. The van der Waals surface area contributed by atoms with Gasteiger partial charge in [-0.2, -0.15) is 5.10 Å². The molecule has 1 aliphatic heterocycles. The van der Waals surface area contributed by atoms with E-state index in [0.717, 1.165) is 65.8 Å². The van der Waals surface area contributed by atoms with Crippen LogP contribution in [0.1, 0.15) is 11.6 Å². The van der Waals surface area contributed by atoms with Gasteiger partial charge in [0.05, 0.1) is 12.2 Å². The third kappa shape index (κ3) is 3.68. The molecule has 3 heterocycles. The van der Waals surface area contributed by atoms with Gasteiger partial charge >= 0.3 is 0 Å². The molecule has 6 nitrogen and oxygen atoms in total. The Kier molecular flexibility index (Phi) is 4.70. The monoisotopic (exact) mass is 374 g/mol. The Morgan fingerprint density at radius 3 is 2.68 bits per heavy atom. The predicted molar refractivity (Wildman–Crippen MR) is 101 cm³/mol. The zero-order valence-corrected chi connectivity index (χ0v) is 15.5. The van der Waals surface area contributed by atoms with Crippen molar-refractivity contribution in [2.24, 2.45) is 0 Å². The molecule has 1 fully saturated rings. The highest BCUT2D eigenvalue weighted by Gasteiger charge is 2.21. The van der Waals surface area contributed by atoms with Crippen LogP contribution in [0.5, 0.6) is 0 Å². The molecular formula is C17H19ClN6S. The minimum Gasteiger partial charge on any atom is -0.346 e. The Balaban J connectivity index is 1.39. The van der Waals surface area contributed by atoms with E-state index in [1.165, 1.54) is 0 Å². The SMILES string of the molecule is Cc1nc(CN2CCN(c3nc(-c4ccccc4Cl)cs3)CC2)n[nH]1. The predicted octanol–water partition coefficient (Wildman–Crippen LogP) is 3.21. The third-order valence-electron chi connectivity index (χ3n) is 4.29. The van der Waals surface area contributed by atoms with E-state index in [0.29, 0.717) is 0 Å². The number of aromatic amines is 1. The highest BCUT2D eigenvalue weighted by atomic mass is 35.5. The Hall–Kier alpha value is -1.96. The first kappa shape index (κ1) is 16.5. The maximum atomic E-state index is 6.28. The lowest BCUT2D eigenvalue weighted by atomic mass is 10.2. The average molecular weight is 375 g/mol. The molecule has 8 heteroatoms. The molecule has 0 saturated carbocycles. The first-order valence-electron chi connectivity index (χ1n) is 8.24. The smallest absolute Gasteiger partial charge is 0.185 e. The van der Waals surface area contributed by atoms with E-state index in [4.69, 9.17) is 16.6 Å². The van der Waals surface area contributed by atoms with Crippen molar-refractivity contribution in [1.82, 2.24) is 25.1 Å². The van der Waals surface area contributed by atoms with Gasteiger partial charge in [-0.05, 0) is 13.0 Å². The highest BCUT2D eigenvalue weighted by molar-refractivity contribution is 7.14. The summed E-state index contributed by atoms with van der Waals surface area (Å²) < 4.78 is 0. The summed E-state index contributed by atoms with van der Waals surface area (Å²) in [6, 6.07) is 7.84. The second kappa shape index (κ2) is 7.11. The number of aryl methyl sites for hydroxylation is 1. The van der Waals surface area contributed by atoms with Crippen molar-refractivity contribution >= 4 is 28.1 Å². The van der Waals surface area contributed by atoms with Gasteiger partial charge < -0.3 is 4.90 Å². The number of aromatic nitrogens is 4. The fourth-order valence-corrected chi connectivity index (χ4v) is 4.07. The first-order chi connectivity index (χ1) is 12.2. The molecule has 0 aliphatic carbocycles. The molecule has 4 rings (SSSR count). The molecular weight excluding hydrogens is 356 g/mol. The van der Waals surface area contributed by atoms with Gasteiger partial charge in [-0.15, -0.1) is 11.3 Å². The lowest BCUT2D eigenvalue weighted by Gasteiger charge is -2.33. The Morgan fingerprint density at radius 2 is 1.96 bits per heavy atom. The van der Waals surface area contributed by atoms with Crippen LogP contribution in [0.4, 0.5) is 5.13 Å². The topological polar surface area (TPSA) is 60.9 Å². The molecule has 0 spiro atoms. The summed E-state index contributed by atoms with van der Waals surface area (Å²) in [5.41, 5.74) is 1.94. The number of thiazole rings is 1. The minimum atomic E-state index is 0.742. The molecule has 0 unspecified atom stereocenters. The third-order valence-corrected chi connectivity index (χ3v) is 5.52. The quantitative estimate of drug-likeness (QED) is 0.759. The van der Waals surface area contributed by atoms with Crippen LogP contribution in [0.25, 0.3) is 11.3 Å². The number of piperazine rings is 1. The van der Waals surface area contributed by atoms with Crippen molar-refractivity contribution in [3.8, 4) is 11.3 Å². The highest BCUT2D eigenvalue weighted by Crippen LogP contribution is 2.32. The number of anilines is 1. The Morgan fingerprint density at radius 1 is 1.16 bits per heavy atom. The van der Waals surface area contributed by atoms with Gasteiger partial charge in [-0.3, -0.25) is 10.00 Å². The van der Waals surface area contributed by atoms with Gasteiger partial charge in [-0.1, -0.05) is 29.8 Å². The molecule has 2 aromatic heterocycles. The maximum Gasteiger partial charge on any atom is 0.185 e. The lowest BCUT2D eigenvalue weighted by Crippen LogP contribution is -2.46. The number of nitrogens with zero attached hydrogens (tertiary/aromatic N) is 5. The summed E-state index contributed by atoms with van der Waals surface area (Å²) >= 11 is 7.96. The van der Waals surface area contributed by atoms with Crippen molar-refractivity contribution < 1.29 is 0 Å². The molecule has 1 saturated heterocycles. The van der Waals surface area contributed by atoms with Crippen LogP contribution in [0.2, 0.25) is 5.02 Å². The Labute approximate surface area is 155 Å². The van der Waals surface area contributed by atoms with Crippen molar-refractivity contribution in [2.75, 3.05) is 31.1 Å². The van der Waals surface area contributed by atoms with Crippen LogP contribution in [0.15, 0.2) is 29.6 Å². The fourth-order valence-electron chi connectivity index (χ4n) is 2.96. The van der Waals surface area contributed by atoms with Gasteiger partial charge in [-0.25, -0.2) is 9.97 Å². The summed E-state index contributed by atoms with van der Waals surface area (Å²) in [5, 5.41) is 11.0. The molecule has 0 bridgehead atoms. The van der Waals surface area contributed by atoms with Crippen LogP contribution in [-0.2, 0) is 6.54 Å². The number of halogens is 1. The molecule has 1 aromatic carbocycles. The van der Waals surface area contributed by atoms with Crippen LogP contribution in [-0.4, -0.2) is 51.2 Å². The summed E-state index contributed by atoms with van der Waals surface area (Å²) in [7, 11) is 0. The van der Waals surface area contributed by atoms with Crippen LogP contribution in [0, 0.1) is 6.92 Å². The number of nitrogens with one attached hydrogen (secondary N) is 1. The maximum absolute atomic E-state index is 6.28. The molecule has 1 N–H and O–H groups in total. The van der Waals surface area contributed by atoms with E-state index in [-0.39, 0.29) is 0 Å². The largest absolute Gasteiger partial charge is 0.346 e. The summed E-state index contributed by atoms with van der Waals surface area (Å²) in [6.07, 6.45) is 0. The average Bonchev–Trinajstić information content (AvgIpc) is 3.25. The number of rotatable bonds is 4. The summed E-state index contributed by atoms with van der Waals surface area (Å²) in [6.45, 7) is 6.59. The summed E-state index contributed by atoms with van der Waals surface area (Å²) in [5.74, 6) is 1.73. The number of H-pyrrole nitrogens is 1. The molecule has 1 aliphatic rings. The van der Waals surface area contributed by atoms with E-state index in [9.17, 15) is 0 Å². The van der Waals surface area contributed by atoms with Crippen LogP contribution in [0.3, 0.4) is 0 Å². The van der Waals surface area contributed by atoms with Crippen LogP contribution >= 0.6 is 22.9 Å². The zero-order chi connectivity index (χ0) is 17.2. The van der Waals surface area contributed by atoms with E-state index in [1.807, 2.05) is 31.2 Å². The molecule has 0 amide bonds. The lowest BCUT2D eigenvalue weighted by molar-refractivity contribution is 0.244. The number of hydrogen-bond donors (Lipinski definition) is 1. The van der Waals surface area contributed by atoms with Crippen molar-refractivity contribution in [3.63, 3.8) is 0 Å². The van der Waals surface area contributed by atoms with Gasteiger partial charge in [0.25, 0.3) is 0 Å². The fraction of sp³-hybridized carbons (Fsp3) is 0.353. The zero-order valence-electron chi connectivity index (χ0n) is 13.9. The summed E-state index contributed by atoms with van der Waals surface area (Å²) in [4.78, 5) is 13.9. The van der Waals surface area contributed by atoms with E-state index < -0.39 is 0 Å². The van der Waals surface area contributed by atoms with Gasteiger partial charge in [0.15, 0.2) is 11.0 Å². The van der Waals surface area contributed by atoms with E-state index in [2.05, 4.69) is 30.4 Å². The van der Waals surface area contributed by atoms with Crippen LogP contribution < -0.4 is 4.90 Å². The molecule has 0 radical (unpaired) electrons. The number of benzene rings is 1. The number of hydrogen-bond acceptors (Lipinski definition) is 6. The van der Waals surface area contributed by atoms with E-state index >= 15 is 0 Å². The van der Waals surface area contributed by atoms with Crippen molar-refractivity contribution in [2.45, 2.75) is 13.5 Å². The second-order valence-electron chi connectivity index (χ2n) is 6.10.